The quantitative estimate of drug-likeness (QED) is 0.0524. The molecule has 2 aromatic heterocycles. The minimum absolute atomic E-state index is 0.0396. The van der Waals surface area contributed by atoms with Crippen molar-refractivity contribution in [3.05, 3.63) is 199 Å². The largest absolute Gasteiger partial charge is 0.360 e. The number of amides is 1. The number of benzene rings is 6. The lowest BCUT2D eigenvalue weighted by Gasteiger charge is -2.50. The molecule has 1 amide bonds. The number of nitrogens with zero attached hydrogens (tertiary/aromatic N) is 4. The van der Waals surface area contributed by atoms with E-state index in [1.807, 2.05) is 72.8 Å². The number of rotatable bonds is 12. The van der Waals surface area contributed by atoms with Gasteiger partial charge in [0.15, 0.2) is 19.1 Å². The molecule has 3 heterocycles. The van der Waals surface area contributed by atoms with E-state index < -0.39 is 0 Å². The van der Waals surface area contributed by atoms with Crippen LogP contribution in [0.3, 0.4) is 0 Å². The van der Waals surface area contributed by atoms with Crippen LogP contribution in [0, 0.1) is 19.1 Å². The maximum Gasteiger partial charge on any atom is 0.255 e. The van der Waals surface area contributed by atoms with E-state index in [4.69, 9.17) is 53.7 Å². The molecule has 1 aliphatic rings. The standard InChI is InChI=1S/C46H40N10O2S4/c57-42(47-34-13-7-15-38(27-34)55-43(59)48-49-44(55)60)33-19-23-37(24-20-33)54-26-25-53(40(31-9-3-1-4-10-31)41(54)32-11-5-2-6-12-32)36-21-17-30(18-22-36)29-58-52-35-14-8-16-39(28-35)56-45(61)50-51-46(56)62/h1-24,27-28,40-41,52H,25-26,29H2,(H,47,57)(H,48,59)(H,49,60)(H,50,61)(H,51,62). The average molecular weight is 893 g/mol. The lowest BCUT2D eigenvalue weighted by molar-refractivity contribution is 0.102. The zero-order chi connectivity index (χ0) is 42.6. The van der Waals surface area contributed by atoms with E-state index in [1.54, 1.807) is 9.13 Å². The fourth-order valence-corrected chi connectivity index (χ4v) is 9.06. The van der Waals surface area contributed by atoms with Gasteiger partial charge in [-0.05, 0) is 138 Å². The molecule has 1 saturated heterocycles. The maximum absolute atomic E-state index is 13.6. The summed E-state index contributed by atoms with van der Waals surface area (Å²) in [6.07, 6.45) is 0. The van der Waals surface area contributed by atoms with Gasteiger partial charge in [0, 0.05) is 35.7 Å². The number of nitrogens with one attached hydrogen (secondary N) is 6. The summed E-state index contributed by atoms with van der Waals surface area (Å²) in [6, 6.07) is 52.8. The minimum Gasteiger partial charge on any atom is -0.360 e. The van der Waals surface area contributed by atoms with E-state index in [2.05, 4.69) is 126 Å². The average Bonchev–Trinajstić information content (AvgIpc) is 3.84. The Balaban J connectivity index is 0.939. The molecule has 9 rings (SSSR count). The highest BCUT2D eigenvalue weighted by atomic mass is 32.1. The van der Waals surface area contributed by atoms with E-state index >= 15 is 0 Å². The van der Waals surface area contributed by atoms with E-state index in [9.17, 15) is 4.79 Å². The number of carbonyl (C=O) groups excluding carboxylic acids is 1. The van der Waals surface area contributed by atoms with Crippen molar-refractivity contribution in [1.82, 2.24) is 29.5 Å². The first-order chi connectivity index (χ1) is 30.3. The molecule has 2 unspecified atom stereocenters. The Kier molecular flexibility index (Phi) is 11.9. The van der Waals surface area contributed by atoms with Crippen molar-refractivity contribution in [3.8, 4) is 11.4 Å². The lowest BCUT2D eigenvalue weighted by Crippen LogP contribution is -2.50. The fourth-order valence-electron chi connectivity index (χ4n) is 7.95. The molecule has 310 valence electrons. The van der Waals surface area contributed by atoms with Crippen LogP contribution in [-0.2, 0) is 11.4 Å². The van der Waals surface area contributed by atoms with Crippen molar-refractivity contribution in [1.29, 1.82) is 0 Å². The van der Waals surface area contributed by atoms with Crippen LogP contribution in [0.1, 0.15) is 39.1 Å². The predicted molar refractivity (Wildman–Crippen MR) is 255 cm³/mol. The molecule has 12 nitrogen and oxygen atoms in total. The molecule has 0 bridgehead atoms. The Morgan fingerprint density at radius 3 is 1.48 bits per heavy atom. The number of aromatic nitrogens is 6. The molecule has 6 N–H and O–H groups in total. The zero-order valence-electron chi connectivity index (χ0n) is 33.0. The summed E-state index contributed by atoms with van der Waals surface area (Å²) in [5.41, 5.74) is 12.1. The van der Waals surface area contributed by atoms with E-state index in [-0.39, 0.29) is 18.0 Å². The first-order valence-electron chi connectivity index (χ1n) is 19.8. The third kappa shape index (κ3) is 8.59. The summed E-state index contributed by atoms with van der Waals surface area (Å²) < 4.78 is 5.31. The van der Waals surface area contributed by atoms with Crippen LogP contribution in [0.25, 0.3) is 11.4 Å². The first kappa shape index (κ1) is 40.7. The van der Waals surface area contributed by atoms with Gasteiger partial charge in [0.05, 0.1) is 35.8 Å². The second-order valence-electron chi connectivity index (χ2n) is 14.6. The van der Waals surface area contributed by atoms with E-state index in [0.29, 0.717) is 36.9 Å². The highest BCUT2D eigenvalue weighted by Gasteiger charge is 2.39. The van der Waals surface area contributed by atoms with Crippen molar-refractivity contribution in [2.75, 3.05) is 33.7 Å². The maximum atomic E-state index is 13.6. The molecule has 8 aromatic rings. The number of piperazine rings is 1. The van der Waals surface area contributed by atoms with Crippen molar-refractivity contribution in [2.24, 2.45) is 0 Å². The number of anilines is 4. The highest BCUT2D eigenvalue weighted by Crippen LogP contribution is 2.45. The number of hydrogen-bond acceptors (Lipinski definition) is 9. The van der Waals surface area contributed by atoms with E-state index in [0.717, 1.165) is 47.1 Å². The molecule has 6 aromatic carbocycles. The van der Waals surface area contributed by atoms with Crippen molar-refractivity contribution >= 4 is 77.5 Å². The molecule has 62 heavy (non-hydrogen) atoms. The summed E-state index contributed by atoms with van der Waals surface area (Å²) in [6.45, 7) is 1.87. The zero-order valence-corrected chi connectivity index (χ0v) is 36.3. The first-order valence-corrected chi connectivity index (χ1v) is 21.5. The minimum atomic E-state index is -0.217. The van der Waals surface area contributed by atoms with Crippen LogP contribution >= 0.6 is 48.9 Å². The molecule has 0 saturated carbocycles. The van der Waals surface area contributed by atoms with Gasteiger partial charge in [0.1, 0.15) is 0 Å². The molecule has 16 heteroatoms. The van der Waals surface area contributed by atoms with Crippen LogP contribution < -0.4 is 20.6 Å². The number of H-pyrrole nitrogens is 4. The lowest BCUT2D eigenvalue weighted by atomic mass is 9.87. The third-order valence-electron chi connectivity index (χ3n) is 10.8. The molecule has 1 fully saturated rings. The van der Waals surface area contributed by atoms with Crippen LogP contribution in [0.2, 0.25) is 0 Å². The van der Waals surface area contributed by atoms with Crippen molar-refractivity contribution in [2.45, 2.75) is 18.7 Å². The Labute approximate surface area is 377 Å². The van der Waals surface area contributed by atoms with Crippen LogP contribution in [0.15, 0.2) is 158 Å². The van der Waals surface area contributed by atoms with E-state index in [1.165, 1.54) is 11.1 Å². The van der Waals surface area contributed by atoms with Gasteiger partial charge in [-0.2, -0.15) is 0 Å². The highest BCUT2D eigenvalue weighted by molar-refractivity contribution is 7.72. The van der Waals surface area contributed by atoms with Gasteiger partial charge < -0.3 is 15.1 Å². The third-order valence-corrected chi connectivity index (χ3v) is 12.0. The summed E-state index contributed by atoms with van der Waals surface area (Å²) in [7, 11) is 0. The number of hydrogen-bond donors (Lipinski definition) is 6. The normalized spacial score (nSPS) is 15.0. The molecule has 0 aliphatic carbocycles. The number of carbonyl (C=O) groups is 1. The summed E-state index contributed by atoms with van der Waals surface area (Å²) >= 11 is 21.5. The van der Waals surface area contributed by atoms with Crippen molar-refractivity contribution < 1.29 is 9.63 Å². The van der Waals surface area contributed by atoms with Crippen molar-refractivity contribution in [3.63, 3.8) is 0 Å². The second-order valence-corrected chi connectivity index (χ2v) is 16.2. The van der Waals surface area contributed by atoms with Gasteiger partial charge in [-0.15, -0.1) is 0 Å². The Hall–Kier alpha value is -6.69. The SMILES string of the molecule is O=C(Nc1cccc(-n2c(=S)[nH][nH]c2=S)c1)c1ccc(N2CCN(c3ccc(CONc4cccc(-n5c(=S)[nH][nH]c5=S)c4)cc3)C(c3ccccc3)C2c2ccccc2)cc1. The van der Waals surface area contributed by atoms with Crippen LogP contribution in [-0.4, -0.2) is 48.5 Å². The molecule has 1 aliphatic heterocycles. The van der Waals surface area contributed by atoms with Gasteiger partial charge in [-0.1, -0.05) is 84.9 Å². The Morgan fingerprint density at radius 2 is 0.984 bits per heavy atom. The fraction of sp³-hybridized carbons (Fsp3) is 0.109. The Bertz CT molecular complexity index is 3010. The monoisotopic (exact) mass is 892 g/mol. The predicted octanol–water partition coefficient (Wildman–Crippen LogP) is 11.1. The summed E-state index contributed by atoms with van der Waals surface area (Å²) in [5.74, 6) is -0.217. The second kappa shape index (κ2) is 18.1. The van der Waals surface area contributed by atoms with Gasteiger partial charge >= 0.3 is 0 Å². The molecule has 2 atom stereocenters. The van der Waals surface area contributed by atoms with Crippen LogP contribution in [0.4, 0.5) is 22.7 Å². The van der Waals surface area contributed by atoms with Crippen LogP contribution in [0.5, 0.6) is 0 Å². The Morgan fingerprint density at radius 1 is 0.532 bits per heavy atom. The molecule has 0 radical (unpaired) electrons. The van der Waals surface area contributed by atoms with Gasteiger partial charge in [0.2, 0.25) is 0 Å². The van der Waals surface area contributed by atoms with Gasteiger partial charge in [-0.3, -0.25) is 44.6 Å². The summed E-state index contributed by atoms with van der Waals surface area (Å²) in [4.78, 5) is 24.5. The van der Waals surface area contributed by atoms with Gasteiger partial charge in [0.25, 0.3) is 5.91 Å². The molecular weight excluding hydrogens is 853 g/mol. The topological polar surface area (TPSA) is 130 Å². The number of aromatic amines is 4. The summed E-state index contributed by atoms with van der Waals surface area (Å²) in [5, 5.41) is 14.5. The smallest absolute Gasteiger partial charge is 0.255 e. The van der Waals surface area contributed by atoms with Gasteiger partial charge in [-0.25, -0.2) is 0 Å². The molecular formula is C46H40N10O2S4. The molecule has 0 spiro atoms.